The van der Waals surface area contributed by atoms with Crippen molar-refractivity contribution in [2.75, 3.05) is 19.7 Å². The van der Waals surface area contributed by atoms with Gasteiger partial charge >= 0.3 is 6.09 Å². The molecule has 14 heavy (non-hydrogen) atoms. The van der Waals surface area contributed by atoms with Gasteiger partial charge in [0.15, 0.2) is 0 Å². The van der Waals surface area contributed by atoms with Gasteiger partial charge in [0.05, 0.1) is 12.6 Å². The topological polar surface area (TPSA) is 61.8 Å². The summed E-state index contributed by atoms with van der Waals surface area (Å²) in [5.41, 5.74) is 2.83. The maximum atomic E-state index is 10.7. The first-order valence-corrected chi connectivity index (χ1v) is 4.70. The minimum Gasteiger partial charge on any atom is -0.465 e. The third kappa shape index (κ3) is 3.35. The zero-order valence-corrected chi connectivity index (χ0v) is 8.11. The highest BCUT2D eigenvalue weighted by Gasteiger charge is 2.22. The van der Waals surface area contributed by atoms with Crippen molar-refractivity contribution in [1.82, 2.24) is 10.4 Å². The largest absolute Gasteiger partial charge is 0.465 e. The Kier molecular flexibility index (Phi) is 4.42. The Balaban J connectivity index is 2.25. The van der Waals surface area contributed by atoms with Crippen LogP contribution in [0.5, 0.6) is 0 Å². The van der Waals surface area contributed by atoms with Crippen LogP contribution in [0.25, 0.3) is 0 Å². The van der Waals surface area contributed by atoms with E-state index in [2.05, 4.69) is 12.1 Å². The molecule has 1 heterocycles. The first kappa shape index (κ1) is 11.0. The van der Waals surface area contributed by atoms with Crippen LogP contribution < -0.4 is 5.48 Å². The highest BCUT2D eigenvalue weighted by atomic mass is 16.6. The standard InChI is InChI=1S/C9H16N2O3/c1-2-6-14-10-8-4-3-5-11(7-8)9(12)13/h2,8,10H,1,3-7H2,(H,12,13). The number of nitrogens with one attached hydrogen (secondary N) is 1. The maximum absolute atomic E-state index is 10.7. The number of piperidine rings is 1. The Morgan fingerprint density at radius 2 is 2.57 bits per heavy atom. The van der Waals surface area contributed by atoms with Crippen LogP contribution >= 0.6 is 0 Å². The molecule has 0 aromatic carbocycles. The molecule has 1 saturated heterocycles. The predicted molar refractivity (Wildman–Crippen MR) is 51.9 cm³/mol. The summed E-state index contributed by atoms with van der Waals surface area (Å²) in [7, 11) is 0. The summed E-state index contributed by atoms with van der Waals surface area (Å²) in [6, 6.07) is 0.0970. The summed E-state index contributed by atoms with van der Waals surface area (Å²) in [4.78, 5) is 17.1. The minimum atomic E-state index is -0.861. The lowest BCUT2D eigenvalue weighted by atomic mass is 10.1. The molecule has 0 saturated carbocycles. The number of hydrogen-bond donors (Lipinski definition) is 2. The Bertz CT molecular complexity index is 208. The van der Waals surface area contributed by atoms with E-state index in [1.165, 1.54) is 4.90 Å². The quantitative estimate of drug-likeness (QED) is 0.401. The molecular formula is C9H16N2O3. The molecule has 0 aromatic heterocycles. The molecular weight excluding hydrogens is 184 g/mol. The van der Waals surface area contributed by atoms with E-state index in [4.69, 9.17) is 9.94 Å². The van der Waals surface area contributed by atoms with Crippen molar-refractivity contribution in [2.24, 2.45) is 0 Å². The number of likely N-dealkylation sites (tertiary alicyclic amines) is 1. The lowest BCUT2D eigenvalue weighted by Gasteiger charge is -2.30. The van der Waals surface area contributed by atoms with Crippen LogP contribution in [0, 0.1) is 0 Å². The normalized spacial score (nSPS) is 22.0. The molecule has 5 nitrogen and oxygen atoms in total. The number of hydroxylamine groups is 1. The monoisotopic (exact) mass is 200 g/mol. The molecule has 1 atom stereocenters. The van der Waals surface area contributed by atoms with Gasteiger partial charge in [-0.15, -0.1) is 6.58 Å². The van der Waals surface area contributed by atoms with Crippen LogP contribution in [0.2, 0.25) is 0 Å². The molecule has 1 amide bonds. The molecule has 1 rings (SSSR count). The molecule has 2 N–H and O–H groups in total. The Labute approximate surface area is 83.3 Å². The third-order valence-electron chi connectivity index (χ3n) is 2.14. The summed E-state index contributed by atoms with van der Waals surface area (Å²) in [5, 5.41) is 8.77. The molecule has 1 unspecified atom stereocenters. The van der Waals surface area contributed by atoms with Crippen molar-refractivity contribution in [3.8, 4) is 0 Å². The van der Waals surface area contributed by atoms with Crippen molar-refractivity contribution in [3.63, 3.8) is 0 Å². The van der Waals surface area contributed by atoms with E-state index >= 15 is 0 Å². The second-order valence-corrected chi connectivity index (χ2v) is 3.29. The maximum Gasteiger partial charge on any atom is 0.407 e. The van der Waals surface area contributed by atoms with Gasteiger partial charge in [-0.2, -0.15) is 5.48 Å². The zero-order chi connectivity index (χ0) is 10.4. The fourth-order valence-electron chi connectivity index (χ4n) is 1.47. The van der Waals surface area contributed by atoms with Gasteiger partial charge in [0.2, 0.25) is 0 Å². The van der Waals surface area contributed by atoms with Crippen LogP contribution in [0.15, 0.2) is 12.7 Å². The summed E-state index contributed by atoms with van der Waals surface area (Å²) >= 11 is 0. The second kappa shape index (κ2) is 5.62. The van der Waals surface area contributed by atoms with E-state index in [1.54, 1.807) is 6.08 Å². The van der Waals surface area contributed by atoms with Crippen molar-refractivity contribution in [2.45, 2.75) is 18.9 Å². The molecule has 1 aliphatic heterocycles. The molecule has 1 fully saturated rings. The van der Waals surface area contributed by atoms with Crippen molar-refractivity contribution in [3.05, 3.63) is 12.7 Å². The number of hydrogen-bond acceptors (Lipinski definition) is 3. The SMILES string of the molecule is C=CCONC1CCCN(C(=O)O)C1. The molecule has 0 spiro atoms. The van der Waals surface area contributed by atoms with Crippen LogP contribution in [0.4, 0.5) is 4.79 Å². The number of rotatable bonds is 4. The van der Waals surface area contributed by atoms with Gasteiger partial charge < -0.3 is 10.0 Å². The molecule has 1 aliphatic rings. The fraction of sp³-hybridized carbons (Fsp3) is 0.667. The van der Waals surface area contributed by atoms with Gasteiger partial charge in [-0.3, -0.25) is 4.84 Å². The van der Waals surface area contributed by atoms with Gasteiger partial charge in [-0.05, 0) is 12.8 Å². The summed E-state index contributed by atoms with van der Waals surface area (Å²) in [6.45, 7) is 5.06. The Morgan fingerprint density at radius 3 is 3.21 bits per heavy atom. The van der Waals surface area contributed by atoms with E-state index in [-0.39, 0.29) is 6.04 Å². The van der Waals surface area contributed by atoms with Crippen molar-refractivity contribution < 1.29 is 14.7 Å². The molecule has 0 aromatic rings. The lowest BCUT2D eigenvalue weighted by Crippen LogP contribution is -2.47. The smallest absolute Gasteiger partial charge is 0.407 e. The average Bonchev–Trinajstić information content (AvgIpc) is 2.19. The van der Waals surface area contributed by atoms with Crippen molar-refractivity contribution in [1.29, 1.82) is 0 Å². The van der Waals surface area contributed by atoms with Gasteiger partial charge in [-0.1, -0.05) is 6.08 Å². The van der Waals surface area contributed by atoms with E-state index in [0.717, 1.165) is 12.8 Å². The molecule has 0 aliphatic carbocycles. The number of nitrogens with zero attached hydrogens (tertiary/aromatic N) is 1. The van der Waals surface area contributed by atoms with E-state index in [0.29, 0.717) is 19.7 Å². The van der Waals surface area contributed by atoms with E-state index < -0.39 is 6.09 Å². The first-order valence-electron chi connectivity index (χ1n) is 4.70. The van der Waals surface area contributed by atoms with Crippen LogP contribution in [-0.2, 0) is 4.84 Å². The summed E-state index contributed by atoms with van der Waals surface area (Å²) in [6.07, 6.45) is 2.60. The molecule has 80 valence electrons. The minimum absolute atomic E-state index is 0.0970. The van der Waals surface area contributed by atoms with Gasteiger partial charge in [0.25, 0.3) is 0 Å². The Morgan fingerprint density at radius 1 is 1.79 bits per heavy atom. The first-order chi connectivity index (χ1) is 6.74. The van der Waals surface area contributed by atoms with Crippen LogP contribution in [0.3, 0.4) is 0 Å². The van der Waals surface area contributed by atoms with Gasteiger partial charge in [0, 0.05) is 13.1 Å². The zero-order valence-electron chi connectivity index (χ0n) is 8.11. The number of carbonyl (C=O) groups is 1. The van der Waals surface area contributed by atoms with Crippen LogP contribution in [0.1, 0.15) is 12.8 Å². The lowest BCUT2D eigenvalue weighted by molar-refractivity contribution is 0.0128. The number of amides is 1. The van der Waals surface area contributed by atoms with Gasteiger partial charge in [-0.25, -0.2) is 4.79 Å². The average molecular weight is 200 g/mol. The summed E-state index contributed by atoms with van der Waals surface area (Å²) < 4.78 is 0. The Hall–Kier alpha value is -1.07. The van der Waals surface area contributed by atoms with E-state index in [9.17, 15) is 4.79 Å². The molecule has 0 radical (unpaired) electrons. The molecule has 5 heteroatoms. The number of carboxylic acid groups (broad SMARTS) is 1. The van der Waals surface area contributed by atoms with Crippen molar-refractivity contribution >= 4 is 6.09 Å². The fourth-order valence-corrected chi connectivity index (χ4v) is 1.47. The van der Waals surface area contributed by atoms with E-state index in [1.807, 2.05) is 0 Å². The van der Waals surface area contributed by atoms with Crippen LogP contribution in [-0.4, -0.2) is 41.8 Å². The second-order valence-electron chi connectivity index (χ2n) is 3.29. The summed E-state index contributed by atoms with van der Waals surface area (Å²) in [5.74, 6) is 0. The highest BCUT2D eigenvalue weighted by Crippen LogP contribution is 2.09. The predicted octanol–water partition coefficient (Wildman–Crippen LogP) is 0.836. The molecule has 0 bridgehead atoms. The highest BCUT2D eigenvalue weighted by molar-refractivity contribution is 5.65. The third-order valence-corrected chi connectivity index (χ3v) is 2.14. The van der Waals surface area contributed by atoms with Gasteiger partial charge in [0.1, 0.15) is 0 Å².